The first-order valence-corrected chi connectivity index (χ1v) is 8.08. The van der Waals surface area contributed by atoms with Crippen molar-refractivity contribution in [2.45, 2.75) is 37.2 Å². The molecule has 0 aliphatic carbocycles. The van der Waals surface area contributed by atoms with Crippen molar-refractivity contribution in [2.24, 2.45) is 0 Å². The number of hydrogen-bond acceptors (Lipinski definition) is 5. The summed E-state index contributed by atoms with van der Waals surface area (Å²) in [6.45, 7) is 3.33. The van der Waals surface area contributed by atoms with E-state index in [0.717, 1.165) is 23.8 Å². The maximum Gasteiger partial charge on any atom is 0.345 e. The SMILES string of the molecule is CCCC(C)(O)CNS(=O)(=O)c1csc(C(=O)O)c1. The van der Waals surface area contributed by atoms with Crippen LogP contribution in [0.1, 0.15) is 36.4 Å². The molecule has 1 unspecified atom stereocenters. The largest absolute Gasteiger partial charge is 0.477 e. The summed E-state index contributed by atoms with van der Waals surface area (Å²) in [5.41, 5.74) is -1.12. The number of carboxylic acid groups (broad SMARTS) is 1. The number of aliphatic hydroxyl groups is 1. The Kier molecular flexibility index (Phi) is 5.08. The number of aromatic carboxylic acids is 1. The van der Waals surface area contributed by atoms with Gasteiger partial charge in [0.05, 0.1) is 10.5 Å². The summed E-state index contributed by atoms with van der Waals surface area (Å²) in [6, 6.07) is 1.10. The third-order valence-corrected chi connectivity index (χ3v) is 4.98. The number of thiophene rings is 1. The average Bonchev–Trinajstić information content (AvgIpc) is 2.77. The first-order chi connectivity index (χ1) is 8.68. The van der Waals surface area contributed by atoms with Crippen LogP contribution >= 0.6 is 11.3 Å². The monoisotopic (exact) mass is 307 g/mol. The lowest BCUT2D eigenvalue weighted by molar-refractivity contribution is 0.0554. The quantitative estimate of drug-likeness (QED) is 0.704. The second-order valence-electron chi connectivity index (χ2n) is 4.52. The smallest absolute Gasteiger partial charge is 0.345 e. The summed E-state index contributed by atoms with van der Waals surface area (Å²) in [5.74, 6) is -1.16. The van der Waals surface area contributed by atoms with Crippen LogP contribution in [0.2, 0.25) is 0 Å². The molecule has 6 nitrogen and oxygen atoms in total. The van der Waals surface area contributed by atoms with E-state index in [2.05, 4.69) is 4.72 Å². The van der Waals surface area contributed by atoms with Crippen molar-refractivity contribution in [3.05, 3.63) is 16.3 Å². The fourth-order valence-electron chi connectivity index (χ4n) is 1.53. The molecular weight excluding hydrogens is 290 g/mol. The Balaban J connectivity index is 2.78. The van der Waals surface area contributed by atoms with Crippen LogP contribution in [0, 0.1) is 0 Å². The van der Waals surface area contributed by atoms with E-state index in [1.54, 1.807) is 6.92 Å². The number of sulfonamides is 1. The minimum absolute atomic E-state index is 0.0410. The molecule has 3 N–H and O–H groups in total. The maximum atomic E-state index is 11.9. The van der Waals surface area contributed by atoms with Crippen molar-refractivity contribution >= 4 is 27.3 Å². The number of carboxylic acids is 1. The molecule has 108 valence electrons. The molecular formula is C11H17NO5S2. The topological polar surface area (TPSA) is 104 Å². The van der Waals surface area contributed by atoms with Crippen LogP contribution in [-0.2, 0) is 10.0 Å². The molecule has 0 saturated carbocycles. The van der Waals surface area contributed by atoms with Crippen molar-refractivity contribution < 1.29 is 23.4 Å². The van der Waals surface area contributed by atoms with Gasteiger partial charge in [-0.25, -0.2) is 17.9 Å². The number of nitrogens with one attached hydrogen (secondary N) is 1. The van der Waals surface area contributed by atoms with E-state index in [9.17, 15) is 18.3 Å². The first-order valence-electron chi connectivity index (χ1n) is 5.72. The summed E-state index contributed by atoms with van der Waals surface area (Å²) < 4.78 is 26.1. The zero-order valence-corrected chi connectivity index (χ0v) is 12.3. The van der Waals surface area contributed by atoms with E-state index in [0.29, 0.717) is 6.42 Å². The normalized spacial score (nSPS) is 15.1. The number of carbonyl (C=O) groups is 1. The van der Waals surface area contributed by atoms with Crippen LogP contribution in [0.5, 0.6) is 0 Å². The van der Waals surface area contributed by atoms with Gasteiger partial charge in [0.15, 0.2) is 0 Å². The molecule has 0 aliphatic heterocycles. The molecule has 1 aromatic rings. The van der Waals surface area contributed by atoms with Crippen molar-refractivity contribution in [3.8, 4) is 0 Å². The zero-order valence-electron chi connectivity index (χ0n) is 10.7. The van der Waals surface area contributed by atoms with Gasteiger partial charge in [0.25, 0.3) is 0 Å². The molecule has 8 heteroatoms. The molecule has 1 atom stereocenters. The molecule has 0 amide bonds. The first kappa shape index (κ1) is 16.1. The molecule has 0 bridgehead atoms. The number of rotatable bonds is 7. The van der Waals surface area contributed by atoms with Crippen LogP contribution in [0.3, 0.4) is 0 Å². The van der Waals surface area contributed by atoms with Crippen molar-refractivity contribution in [1.82, 2.24) is 4.72 Å². The predicted octanol–water partition coefficient (Wildman–Crippen LogP) is 1.28. The molecule has 0 radical (unpaired) electrons. The molecule has 1 heterocycles. The number of hydrogen-bond donors (Lipinski definition) is 3. The van der Waals surface area contributed by atoms with Crippen LogP contribution in [0.4, 0.5) is 0 Å². The molecule has 1 aromatic heterocycles. The molecule has 0 fully saturated rings. The third kappa shape index (κ3) is 4.57. The Morgan fingerprint density at radius 2 is 2.16 bits per heavy atom. The summed E-state index contributed by atoms with van der Waals surface area (Å²) in [5, 5.41) is 19.9. The van der Waals surface area contributed by atoms with Gasteiger partial charge in [-0.05, 0) is 19.4 Å². The second kappa shape index (κ2) is 6.00. The van der Waals surface area contributed by atoms with E-state index in [-0.39, 0.29) is 16.3 Å². The summed E-state index contributed by atoms with van der Waals surface area (Å²) in [6.07, 6.45) is 1.20. The fraction of sp³-hybridized carbons (Fsp3) is 0.545. The van der Waals surface area contributed by atoms with Gasteiger partial charge in [0.1, 0.15) is 4.88 Å². The molecule has 0 aromatic carbocycles. The highest BCUT2D eigenvalue weighted by atomic mass is 32.2. The lowest BCUT2D eigenvalue weighted by atomic mass is 10.0. The molecule has 0 spiro atoms. The van der Waals surface area contributed by atoms with Gasteiger partial charge in [0.2, 0.25) is 10.0 Å². The standard InChI is InChI=1S/C11H17NO5S2/c1-3-4-11(2,15)7-12-19(16,17)8-5-9(10(13)14)18-6-8/h5-6,12,15H,3-4,7H2,1-2H3,(H,13,14). The Labute approximate surface area is 116 Å². The minimum atomic E-state index is -3.79. The van der Waals surface area contributed by atoms with E-state index in [4.69, 9.17) is 5.11 Å². The molecule has 0 saturated heterocycles. The third-order valence-electron chi connectivity index (χ3n) is 2.53. The van der Waals surface area contributed by atoms with Gasteiger partial charge >= 0.3 is 5.97 Å². The van der Waals surface area contributed by atoms with Crippen molar-refractivity contribution in [1.29, 1.82) is 0 Å². The van der Waals surface area contributed by atoms with Crippen molar-refractivity contribution in [2.75, 3.05) is 6.54 Å². The highest BCUT2D eigenvalue weighted by molar-refractivity contribution is 7.89. The van der Waals surface area contributed by atoms with E-state index >= 15 is 0 Å². The van der Waals surface area contributed by atoms with Crippen LogP contribution in [0.25, 0.3) is 0 Å². The lowest BCUT2D eigenvalue weighted by Gasteiger charge is -2.22. The van der Waals surface area contributed by atoms with E-state index in [1.165, 1.54) is 5.38 Å². The molecule has 1 rings (SSSR count). The minimum Gasteiger partial charge on any atom is -0.477 e. The zero-order chi connectivity index (χ0) is 14.7. The van der Waals surface area contributed by atoms with Crippen LogP contribution in [0.15, 0.2) is 16.3 Å². The summed E-state index contributed by atoms with van der Waals surface area (Å²) in [4.78, 5) is 10.6. The Morgan fingerprint density at radius 1 is 1.53 bits per heavy atom. The van der Waals surface area contributed by atoms with Gasteiger partial charge in [-0.15, -0.1) is 11.3 Å². The van der Waals surface area contributed by atoms with Crippen LogP contribution in [-0.4, -0.2) is 36.7 Å². The highest BCUT2D eigenvalue weighted by Crippen LogP contribution is 2.20. The molecule has 19 heavy (non-hydrogen) atoms. The van der Waals surface area contributed by atoms with Gasteiger partial charge in [-0.3, -0.25) is 0 Å². The van der Waals surface area contributed by atoms with E-state index in [1.807, 2.05) is 6.92 Å². The van der Waals surface area contributed by atoms with Gasteiger partial charge < -0.3 is 10.2 Å². The summed E-state index contributed by atoms with van der Waals surface area (Å²) >= 11 is 0.847. The van der Waals surface area contributed by atoms with Crippen LogP contribution < -0.4 is 4.72 Å². The molecule has 0 aliphatic rings. The predicted molar refractivity (Wildman–Crippen MR) is 72.0 cm³/mol. The second-order valence-corrected chi connectivity index (χ2v) is 7.20. The highest BCUT2D eigenvalue weighted by Gasteiger charge is 2.24. The van der Waals surface area contributed by atoms with Crippen molar-refractivity contribution in [3.63, 3.8) is 0 Å². The Hall–Kier alpha value is -0.960. The van der Waals surface area contributed by atoms with Gasteiger partial charge in [0, 0.05) is 11.9 Å². The fourth-order valence-corrected chi connectivity index (χ4v) is 3.81. The Morgan fingerprint density at radius 3 is 2.63 bits per heavy atom. The van der Waals surface area contributed by atoms with Gasteiger partial charge in [-0.1, -0.05) is 13.3 Å². The average molecular weight is 307 g/mol. The summed E-state index contributed by atoms with van der Waals surface area (Å²) in [7, 11) is -3.79. The van der Waals surface area contributed by atoms with Gasteiger partial charge in [-0.2, -0.15) is 0 Å². The maximum absolute atomic E-state index is 11.9. The lowest BCUT2D eigenvalue weighted by Crippen LogP contribution is -2.40. The van der Waals surface area contributed by atoms with E-state index < -0.39 is 21.6 Å². The Bertz CT molecular complexity index is 547.